The van der Waals surface area contributed by atoms with E-state index in [4.69, 9.17) is 4.42 Å². The minimum Gasteiger partial charge on any atom is -0.440 e. The van der Waals surface area contributed by atoms with E-state index in [1.165, 1.54) is 6.07 Å². The maximum Gasteiger partial charge on any atom is 0.251 e. The van der Waals surface area contributed by atoms with E-state index >= 15 is 0 Å². The number of rotatable bonds is 5. The fourth-order valence-electron chi connectivity index (χ4n) is 2.83. The minimum absolute atomic E-state index is 0.218. The number of hydrogen-bond donors (Lipinski definition) is 2. The van der Waals surface area contributed by atoms with Gasteiger partial charge in [0.15, 0.2) is 11.5 Å². The highest BCUT2D eigenvalue weighted by Crippen LogP contribution is 2.20. The number of carbonyl (C=O) groups excluding carboxylic acids is 1. The molecule has 4 aromatic rings. The molecule has 136 valence electrons. The van der Waals surface area contributed by atoms with E-state index < -0.39 is 0 Å². The Morgan fingerprint density at radius 2 is 2.07 bits per heavy atom. The molecule has 0 bridgehead atoms. The Balaban J connectivity index is 1.51. The lowest BCUT2D eigenvalue weighted by atomic mass is 10.1. The Labute approximate surface area is 154 Å². The van der Waals surface area contributed by atoms with Gasteiger partial charge < -0.3 is 9.73 Å². The summed E-state index contributed by atoms with van der Waals surface area (Å²) in [5.41, 5.74) is 3.95. The normalized spacial score (nSPS) is 11.0. The number of H-pyrrole nitrogens is 1. The molecule has 27 heavy (non-hydrogen) atoms. The smallest absolute Gasteiger partial charge is 0.251 e. The molecule has 0 unspecified atom stereocenters. The molecular weight excluding hydrogens is 347 g/mol. The van der Waals surface area contributed by atoms with Crippen LogP contribution in [0.5, 0.6) is 0 Å². The lowest BCUT2D eigenvalue weighted by Crippen LogP contribution is -2.22. The number of aromatic amines is 1. The summed E-state index contributed by atoms with van der Waals surface area (Å²) in [6, 6.07) is 11.6. The molecule has 0 fully saturated rings. The molecule has 0 radical (unpaired) electrons. The van der Waals surface area contributed by atoms with Gasteiger partial charge in [-0.3, -0.25) is 9.89 Å². The summed E-state index contributed by atoms with van der Waals surface area (Å²) in [7, 11) is 0. The van der Waals surface area contributed by atoms with Crippen molar-refractivity contribution in [3.63, 3.8) is 0 Å². The third kappa shape index (κ3) is 3.57. The van der Waals surface area contributed by atoms with Crippen molar-refractivity contribution in [3.05, 3.63) is 82.8 Å². The summed E-state index contributed by atoms with van der Waals surface area (Å²) >= 11 is 0. The van der Waals surface area contributed by atoms with E-state index in [-0.39, 0.29) is 18.1 Å². The summed E-state index contributed by atoms with van der Waals surface area (Å²) in [6.45, 7) is 2.28. The Kier molecular flexibility index (Phi) is 4.42. The van der Waals surface area contributed by atoms with Crippen molar-refractivity contribution in [3.8, 4) is 0 Å². The molecule has 2 aromatic heterocycles. The van der Waals surface area contributed by atoms with Crippen LogP contribution in [0.25, 0.3) is 11.1 Å². The molecule has 0 saturated heterocycles. The van der Waals surface area contributed by atoms with E-state index in [9.17, 15) is 9.18 Å². The predicted molar refractivity (Wildman–Crippen MR) is 97.7 cm³/mol. The monoisotopic (exact) mass is 364 g/mol. The lowest BCUT2D eigenvalue weighted by Gasteiger charge is -2.04. The lowest BCUT2D eigenvalue weighted by molar-refractivity contribution is 0.0951. The van der Waals surface area contributed by atoms with Gasteiger partial charge in [-0.15, -0.1) is 0 Å². The van der Waals surface area contributed by atoms with Gasteiger partial charge in [0.2, 0.25) is 0 Å². The third-order valence-electron chi connectivity index (χ3n) is 4.37. The predicted octanol–water partition coefficient (Wildman–Crippen LogP) is 3.52. The van der Waals surface area contributed by atoms with Crippen molar-refractivity contribution >= 4 is 17.0 Å². The van der Waals surface area contributed by atoms with E-state index in [0.717, 1.165) is 11.3 Å². The summed E-state index contributed by atoms with van der Waals surface area (Å²) in [5.74, 6) is -0.111. The Bertz CT molecular complexity index is 1120. The topological polar surface area (TPSA) is 83.8 Å². The largest absolute Gasteiger partial charge is 0.440 e. The number of aryl methyl sites for hydroxylation is 1. The fourth-order valence-corrected chi connectivity index (χ4v) is 2.83. The Morgan fingerprint density at radius 3 is 2.85 bits per heavy atom. The fraction of sp³-hybridized carbons (Fsp3) is 0.150. The van der Waals surface area contributed by atoms with Crippen LogP contribution in [-0.4, -0.2) is 21.1 Å². The molecule has 0 atom stereocenters. The zero-order valence-electron chi connectivity index (χ0n) is 14.6. The van der Waals surface area contributed by atoms with Crippen molar-refractivity contribution in [1.82, 2.24) is 20.5 Å². The molecule has 1 amide bonds. The molecule has 6 nitrogen and oxygen atoms in total. The van der Waals surface area contributed by atoms with Gasteiger partial charge in [-0.05, 0) is 36.8 Å². The molecule has 7 heteroatoms. The minimum atomic E-state index is -0.297. The second-order valence-electron chi connectivity index (χ2n) is 6.26. The van der Waals surface area contributed by atoms with Crippen molar-refractivity contribution in [1.29, 1.82) is 0 Å². The van der Waals surface area contributed by atoms with E-state index in [1.54, 1.807) is 42.6 Å². The summed E-state index contributed by atoms with van der Waals surface area (Å²) in [5, 5.41) is 9.61. The van der Waals surface area contributed by atoms with Gasteiger partial charge in [0, 0.05) is 23.4 Å². The summed E-state index contributed by atoms with van der Waals surface area (Å²) in [6.07, 6.45) is 1.94. The first-order chi connectivity index (χ1) is 13.1. The molecule has 2 N–H and O–H groups in total. The second-order valence-corrected chi connectivity index (χ2v) is 6.26. The summed E-state index contributed by atoms with van der Waals surface area (Å²) in [4.78, 5) is 16.8. The number of halogens is 1. The van der Waals surface area contributed by atoms with Crippen molar-refractivity contribution < 1.29 is 13.6 Å². The average molecular weight is 364 g/mol. The van der Waals surface area contributed by atoms with Crippen LogP contribution in [0.3, 0.4) is 0 Å². The Hall–Kier alpha value is -3.48. The van der Waals surface area contributed by atoms with Crippen LogP contribution >= 0.6 is 0 Å². The van der Waals surface area contributed by atoms with Gasteiger partial charge in [-0.1, -0.05) is 18.2 Å². The van der Waals surface area contributed by atoms with Crippen LogP contribution in [-0.2, 0) is 13.0 Å². The Morgan fingerprint density at radius 1 is 1.22 bits per heavy atom. The van der Waals surface area contributed by atoms with Crippen LogP contribution in [0.4, 0.5) is 4.39 Å². The van der Waals surface area contributed by atoms with E-state index in [0.29, 0.717) is 34.7 Å². The molecule has 0 spiro atoms. The number of oxazole rings is 1. The maximum absolute atomic E-state index is 13.8. The number of amides is 1. The molecule has 0 aliphatic heterocycles. The van der Waals surface area contributed by atoms with Crippen molar-refractivity contribution in [2.45, 2.75) is 19.9 Å². The standard InChI is InChI=1S/C20H17FN4O2/c1-12-15(11-23-25-12)10-22-20(26)14-6-7-17-18(8-14)27-19(24-17)9-13-4-2-3-5-16(13)21/h2-8,11H,9-10H2,1H3,(H,22,26)(H,23,25). The van der Waals surface area contributed by atoms with Gasteiger partial charge in [-0.2, -0.15) is 5.10 Å². The first-order valence-corrected chi connectivity index (χ1v) is 8.50. The van der Waals surface area contributed by atoms with Crippen LogP contribution in [0.15, 0.2) is 53.1 Å². The third-order valence-corrected chi connectivity index (χ3v) is 4.37. The van der Waals surface area contributed by atoms with Crippen LogP contribution in [0.1, 0.15) is 33.1 Å². The zero-order chi connectivity index (χ0) is 18.8. The first-order valence-electron chi connectivity index (χ1n) is 8.50. The number of hydrogen-bond acceptors (Lipinski definition) is 4. The molecule has 2 heterocycles. The number of nitrogens with zero attached hydrogens (tertiary/aromatic N) is 2. The number of aromatic nitrogens is 3. The number of nitrogens with one attached hydrogen (secondary N) is 2. The quantitative estimate of drug-likeness (QED) is 0.567. The molecular formula is C20H17FN4O2. The summed E-state index contributed by atoms with van der Waals surface area (Å²) < 4.78 is 19.5. The van der Waals surface area contributed by atoms with Crippen LogP contribution < -0.4 is 5.32 Å². The van der Waals surface area contributed by atoms with Gasteiger partial charge in [0.05, 0.1) is 12.6 Å². The first kappa shape index (κ1) is 17.0. The van der Waals surface area contributed by atoms with Gasteiger partial charge >= 0.3 is 0 Å². The molecule has 0 aliphatic carbocycles. The highest BCUT2D eigenvalue weighted by molar-refractivity contribution is 5.97. The molecule has 0 saturated carbocycles. The van der Waals surface area contributed by atoms with Crippen molar-refractivity contribution in [2.24, 2.45) is 0 Å². The molecule has 0 aliphatic rings. The number of fused-ring (bicyclic) bond motifs is 1. The second kappa shape index (κ2) is 7.03. The van der Waals surface area contributed by atoms with E-state index in [1.807, 2.05) is 6.92 Å². The van der Waals surface area contributed by atoms with Crippen LogP contribution in [0.2, 0.25) is 0 Å². The number of carbonyl (C=O) groups is 1. The highest BCUT2D eigenvalue weighted by atomic mass is 19.1. The number of benzene rings is 2. The average Bonchev–Trinajstić information content (AvgIpc) is 3.26. The zero-order valence-corrected chi connectivity index (χ0v) is 14.6. The molecule has 4 rings (SSSR count). The maximum atomic E-state index is 13.8. The van der Waals surface area contributed by atoms with Crippen molar-refractivity contribution in [2.75, 3.05) is 0 Å². The van der Waals surface area contributed by atoms with Gasteiger partial charge in [0.25, 0.3) is 5.91 Å². The van der Waals surface area contributed by atoms with E-state index in [2.05, 4.69) is 20.5 Å². The van der Waals surface area contributed by atoms with Gasteiger partial charge in [0.1, 0.15) is 11.3 Å². The van der Waals surface area contributed by atoms with Crippen LogP contribution in [0, 0.1) is 12.7 Å². The molecule has 2 aromatic carbocycles. The van der Waals surface area contributed by atoms with Gasteiger partial charge in [-0.25, -0.2) is 9.37 Å². The SMILES string of the molecule is Cc1[nH]ncc1CNC(=O)c1ccc2nc(Cc3ccccc3F)oc2c1. The highest BCUT2D eigenvalue weighted by Gasteiger charge is 2.13.